The smallest absolute Gasteiger partial charge is 0.222 e. The SMILES string of the molecule is CCN(CCO)C(=O)CCCCCN. The Bertz CT molecular complexity index is 151. The number of amides is 1. The fourth-order valence-electron chi connectivity index (χ4n) is 1.34. The quantitative estimate of drug-likeness (QED) is 0.558. The molecule has 0 aromatic carbocycles. The molecule has 0 radical (unpaired) electrons. The van der Waals surface area contributed by atoms with Crippen LogP contribution >= 0.6 is 0 Å². The van der Waals surface area contributed by atoms with Crippen LogP contribution in [0, 0.1) is 0 Å². The molecule has 4 heteroatoms. The topological polar surface area (TPSA) is 66.6 Å². The second-order valence-electron chi connectivity index (χ2n) is 3.30. The molecule has 1 amide bonds. The van der Waals surface area contributed by atoms with Gasteiger partial charge in [-0.3, -0.25) is 4.79 Å². The van der Waals surface area contributed by atoms with Gasteiger partial charge in [0.05, 0.1) is 6.61 Å². The van der Waals surface area contributed by atoms with Gasteiger partial charge in [-0.15, -0.1) is 0 Å². The van der Waals surface area contributed by atoms with Crippen molar-refractivity contribution < 1.29 is 9.90 Å². The molecule has 14 heavy (non-hydrogen) atoms. The zero-order valence-electron chi connectivity index (χ0n) is 9.04. The molecular formula is C10H22N2O2. The summed E-state index contributed by atoms with van der Waals surface area (Å²) in [7, 11) is 0. The highest BCUT2D eigenvalue weighted by Crippen LogP contribution is 2.02. The number of carbonyl (C=O) groups is 1. The first-order chi connectivity index (χ1) is 6.76. The number of carbonyl (C=O) groups excluding carboxylic acids is 1. The Hall–Kier alpha value is -0.610. The fourth-order valence-corrected chi connectivity index (χ4v) is 1.34. The number of aliphatic hydroxyl groups excluding tert-OH is 1. The van der Waals surface area contributed by atoms with Crippen molar-refractivity contribution in [2.24, 2.45) is 5.73 Å². The average Bonchev–Trinajstić information content (AvgIpc) is 2.20. The van der Waals surface area contributed by atoms with E-state index in [4.69, 9.17) is 10.8 Å². The van der Waals surface area contributed by atoms with Crippen LogP contribution in [-0.4, -0.2) is 42.2 Å². The largest absolute Gasteiger partial charge is 0.395 e. The van der Waals surface area contributed by atoms with Crippen molar-refractivity contribution in [1.29, 1.82) is 0 Å². The van der Waals surface area contributed by atoms with Gasteiger partial charge >= 0.3 is 0 Å². The highest BCUT2D eigenvalue weighted by atomic mass is 16.3. The van der Waals surface area contributed by atoms with E-state index >= 15 is 0 Å². The van der Waals surface area contributed by atoms with E-state index in [1.54, 1.807) is 4.90 Å². The maximum absolute atomic E-state index is 11.5. The van der Waals surface area contributed by atoms with Crippen LogP contribution in [-0.2, 0) is 4.79 Å². The van der Waals surface area contributed by atoms with Gasteiger partial charge in [0.25, 0.3) is 0 Å². The lowest BCUT2D eigenvalue weighted by Gasteiger charge is -2.19. The number of likely N-dealkylation sites (N-methyl/N-ethyl adjacent to an activating group) is 1. The standard InChI is InChI=1S/C10H22N2O2/c1-2-12(8-9-13)10(14)6-4-3-5-7-11/h13H,2-9,11H2,1H3. The first kappa shape index (κ1) is 13.4. The summed E-state index contributed by atoms with van der Waals surface area (Å²) in [6, 6.07) is 0. The van der Waals surface area contributed by atoms with Gasteiger partial charge in [0.2, 0.25) is 5.91 Å². The third-order valence-corrected chi connectivity index (χ3v) is 2.20. The molecule has 0 saturated carbocycles. The molecule has 3 N–H and O–H groups in total. The number of rotatable bonds is 8. The predicted octanol–water partition coefficient (Wildman–Crippen LogP) is 0.346. The molecule has 4 nitrogen and oxygen atoms in total. The predicted molar refractivity (Wildman–Crippen MR) is 56.9 cm³/mol. The lowest BCUT2D eigenvalue weighted by Crippen LogP contribution is -2.33. The summed E-state index contributed by atoms with van der Waals surface area (Å²) in [6.45, 7) is 3.79. The van der Waals surface area contributed by atoms with Gasteiger partial charge in [0.1, 0.15) is 0 Å². The van der Waals surface area contributed by atoms with Gasteiger partial charge in [-0.25, -0.2) is 0 Å². The molecule has 0 spiro atoms. The van der Waals surface area contributed by atoms with Crippen LogP contribution in [0.1, 0.15) is 32.6 Å². The van der Waals surface area contributed by atoms with Crippen LogP contribution in [0.25, 0.3) is 0 Å². The molecule has 0 aliphatic rings. The molecule has 0 aliphatic heterocycles. The van der Waals surface area contributed by atoms with Gasteiger partial charge in [0, 0.05) is 19.5 Å². The Kier molecular flexibility index (Phi) is 8.57. The van der Waals surface area contributed by atoms with E-state index < -0.39 is 0 Å². The molecule has 0 unspecified atom stereocenters. The van der Waals surface area contributed by atoms with E-state index in [0.717, 1.165) is 19.3 Å². The molecule has 0 aromatic heterocycles. The van der Waals surface area contributed by atoms with E-state index in [0.29, 0.717) is 26.1 Å². The Morgan fingerprint density at radius 2 is 2.07 bits per heavy atom. The monoisotopic (exact) mass is 202 g/mol. The highest BCUT2D eigenvalue weighted by Gasteiger charge is 2.09. The van der Waals surface area contributed by atoms with E-state index in [1.165, 1.54) is 0 Å². The summed E-state index contributed by atoms with van der Waals surface area (Å²) >= 11 is 0. The number of hydrogen-bond acceptors (Lipinski definition) is 3. The first-order valence-corrected chi connectivity index (χ1v) is 5.35. The maximum atomic E-state index is 11.5. The molecule has 0 fully saturated rings. The average molecular weight is 202 g/mol. The lowest BCUT2D eigenvalue weighted by atomic mass is 10.2. The molecule has 0 saturated heterocycles. The van der Waals surface area contributed by atoms with Crippen molar-refractivity contribution in [3.63, 3.8) is 0 Å². The van der Waals surface area contributed by atoms with Crippen molar-refractivity contribution in [3.8, 4) is 0 Å². The molecule has 0 rings (SSSR count). The number of nitrogens with zero attached hydrogens (tertiary/aromatic N) is 1. The Morgan fingerprint density at radius 1 is 1.36 bits per heavy atom. The Morgan fingerprint density at radius 3 is 2.57 bits per heavy atom. The molecule has 0 heterocycles. The summed E-state index contributed by atoms with van der Waals surface area (Å²) < 4.78 is 0. The van der Waals surface area contributed by atoms with E-state index in [9.17, 15) is 4.79 Å². The molecular weight excluding hydrogens is 180 g/mol. The number of nitrogens with two attached hydrogens (primary N) is 1. The van der Waals surface area contributed by atoms with E-state index in [2.05, 4.69) is 0 Å². The van der Waals surface area contributed by atoms with Crippen LogP contribution in [0.3, 0.4) is 0 Å². The normalized spacial score (nSPS) is 10.2. The Balaban J connectivity index is 3.58. The maximum Gasteiger partial charge on any atom is 0.222 e. The second-order valence-corrected chi connectivity index (χ2v) is 3.30. The van der Waals surface area contributed by atoms with Gasteiger partial charge in [-0.05, 0) is 26.3 Å². The second kappa shape index (κ2) is 8.97. The molecule has 0 atom stereocenters. The lowest BCUT2D eigenvalue weighted by molar-refractivity contribution is -0.131. The molecule has 84 valence electrons. The van der Waals surface area contributed by atoms with Gasteiger partial charge in [0.15, 0.2) is 0 Å². The van der Waals surface area contributed by atoms with Crippen LogP contribution in [0.15, 0.2) is 0 Å². The van der Waals surface area contributed by atoms with Gasteiger partial charge in [-0.2, -0.15) is 0 Å². The van der Waals surface area contributed by atoms with Crippen LogP contribution in [0.2, 0.25) is 0 Å². The third kappa shape index (κ3) is 5.94. The van der Waals surface area contributed by atoms with Crippen molar-refractivity contribution in [1.82, 2.24) is 4.90 Å². The summed E-state index contributed by atoms with van der Waals surface area (Å²) in [5.74, 6) is 0.138. The molecule has 0 bridgehead atoms. The minimum Gasteiger partial charge on any atom is -0.395 e. The third-order valence-electron chi connectivity index (χ3n) is 2.20. The number of aliphatic hydroxyl groups is 1. The van der Waals surface area contributed by atoms with Crippen molar-refractivity contribution in [2.45, 2.75) is 32.6 Å². The van der Waals surface area contributed by atoms with Crippen LogP contribution in [0.4, 0.5) is 0 Å². The van der Waals surface area contributed by atoms with Gasteiger partial charge < -0.3 is 15.7 Å². The van der Waals surface area contributed by atoms with Crippen molar-refractivity contribution >= 4 is 5.91 Å². The zero-order chi connectivity index (χ0) is 10.8. The molecule has 0 aromatic rings. The zero-order valence-corrected chi connectivity index (χ0v) is 9.04. The summed E-state index contributed by atoms with van der Waals surface area (Å²) in [5.41, 5.74) is 5.35. The minimum absolute atomic E-state index is 0.0440. The van der Waals surface area contributed by atoms with Crippen molar-refractivity contribution in [3.05, 3.63) is 0 Å². The summed E-state index contributed by atoms with van der Waals surface area (Å²) in [5, 5.41) is 8.72. The molecule has 0 aliphatic carbocycles. The number of hydrogen-bond donors (Lipinski definition) is 2. The van der Waals surface area contributed by atoms with Crippen LogP contribution in [0.5, 0.6) is 0 Å². The summed E-state index contributed by atoms with van der Waals surface area (Å²) in [6.07, 6.45) is 3.48. The number of unbranched alkanes of at least 4 members (excludes halogenated alkanes) is 2. The highest BCUT2D eigenvalue weighted by molar-refractivity contribution is 5.76. The fraction of sp³-hybridized carbons (Fsp3) is 0.900. The minimum atomic E-state index is 0.0440. The van der Waals surface area contributed by atoms with Crippen molar-refractivity contribution in [2.75, 3.05) is 26.2 Å². The van der Waals surface area contributed by atoms with Gasteiger partial charge in [-0.1, -0.05) is 6.42 Å². The van der Waals surface area contributed by atoms with E-state index in [-0.39, 0.29) is 12.5 Å². The first-order valence-electron chi connectivity index (χ1n) is 5.35. The Labute approximate surface area is 86.1 Å². The van der Waals surface area contributed by atoms with E-state index in [1.807, 2.05) is 6.92 Å². The van der Waals surface area contributed by atoms with Crippen LogP contribution < -0.4 is 5.73 Å². The summed E-state index contributed by atoms with van der Waals surface area (Å²) in [4.78, 5) is 13.2.